The predicted octanol–water partition coefficient (Wildman–Crippen LogP) is 3.08. The molecule has 0 unspecified atom stereocenters. The molecule has 1 aromatic carbocycles. The van der Waals surface area contributed by atoms with E-state index in [0.29, 0.717) is 10.1 Å². The van der Waals surface area contributed by atoms with Crippen LogP contribution in [0.4, 0.5) is 0 Å². The number of ketones is 1. The van der Waals surface area contributed by atoms with E-state index in [2.05, 4.69) is 5.32 Å². The van der Waals surface area contributed by atoms with Crippen molar-refractivity contribution in [3.8, 4) is 0 Å². The van der Waals surface area contributed by atoms with Crippen LogP contribution in [0, 0.1) is 10.1 Å². The number of hydrogen-bond donors (Lipinski definition) is 1. The summed E-state index contributed by atoms with van der Waals surface area (Å²) < 4.78 is 1.66. The van der Waals surface area contributed by atoms with Crippen molar-refractivity contribution in [3.05, 3.63) is 79.7 Å². The second-order valence-electron chi connectivity index (χ2n) is 4.54. The first-order chi connectivity index (χ1) is 10.6. The maximum absolute atomic E-state index is 12.3. The van der Waals surface area contributed by atoms with Gasteiger partial charge in [-0.3, -0.25) is 14.9 Å². The average Bonchev–Trinajstić information content (AvgIpc) is 2.51. The van der Waals surface area contributed by atoms with Crippen molar-refractivity contribution >= 4 is 30.0 Å². The van der Waals surface area contributed by atoms with E-state index in [1.165, 1.54) is 6.20 Å². The van der Waals surface area contributed by atoms with E-state index in [4.69, 9.17) is 0 Å². The second-order valence-corrected chi connectivity index (χ2v) is 7.94. The molecule has 114 valence electrons. The molecule has 1 N–H and O–H groups in total. The zero-order valence-electron chi connectivity index (χ0n) is 12.0. The molecule has 1 aromatic rings. The topological polar surface area (TPSA) is 72.2 Å². The molecular weight excluding hydrogens is 395 g/mol. The molecule has 5 nitrogen and oxygen atoms in total. The minimum absolute atomic E-state index is 0.412. The molecule has 1 aliphatic rings. The molecule has 0 radical (unpaired) electrons. The molecule has 0 aliphatic carbocycles. The van der Waals surface area contributed by atoms with Gasteiger partial charge in [-0.2, -0.15) is 0 Å². The third-order valence-electron chi connectivity index (χ3n) is 2.85. The summed E-state index contributed by atoms with van der Waals surface area (Å²) in [4.78, 5) is 22.8. The Labute approximate surface area is 138 Å². The Hall–Kier alpha value is -2.09. The van der Waals surface area contributed by atoms with E-state index in [-0.39, 0.29) is 0 Å². The van der Waals surface area contributed by atoms with Gasteiger partial charge in [0.15, 0.2) is 0 Å². The molecule has 0 spiro atoms. The summed E-state index contributed by atoms with van der Waals surface area (Å²) >= 11 is -0.605. The molecule has 0 aromatic heterocycles. The highest BCUT2D eigenvalue weighted by Crippen LogP contribution is 2.21. The standard InChI is InChI=1S/C16H15IN2O3/c1-12-6-5-9-14(17-12)16(20)15(19(21)22)11-18-10-13-7-3-2-4-8-13/h2-9,11,18H,10H2,1H3/b15-11-. The van der Waals surface area contributed by atoms with Crippen LogP contribution in [0.5, 0.6) is 0 Å². The highest BCUT2D eigenvalue weighted by Gasteiger charge is 2.25. The third kappa shape index (κ3) is 4.45. The van der Waals surface area contributed by atoms with Crippen molar-refractivity contribution in [2.24, 2.45) is 0 Å². The smallest absolute Gasteiger partial charge is 0.332 e. The van der Waals surface area contributed by atoms with Crippen molar-refractivity contribution in [3.63, 3.8) is 0 Å². The van der Waals surface area contributed by atoms with Gasteiger partial charge in [0.2, 0.25) is 0 Å². The fraction of sp³-hybridized carbons (Fsp3) is 0.125. The monoisotopic (exact) mass is 410 g/mol. The Morgan fingerprint density at radius 1 is 1.36 bits per heavy atom. The fourth-order valence-electron chi connectivity index (χ4n) is 1.79. The number of hydrogen-bond acceptors (Lipinski definition) is 4. The maximum atomic E-state index is 12.3. The third-order valence-corrected chi connectivity index (χ3v) is 5.49. The molecule has 22 heavy (non-hydrogen) atoms. The SMILES string of the molecule is CC1=CC=CC(C(=O)/C(=C/NCc2ccccc2)[N+](=O)[O-])=I1. The summed E-state index contributed by atoms with van der Waals surface area (Å²) in [5.41, 5.74) is 0.579. The molecule has 1 aliphatic heterocycles. The lowest BCUT2D eigenvalue weighted by Crippen LogP contribution is -2.21. The normalized spacial score (nSPS) is 14.5. The van der Waals surface area contributed by atoms with Gasteiger partial charge in [-0.05, 0) is 22.1 Å². The highest BCUT2D eigenvalue weighted by molar-refractivity contribution is 14.2. The van der Waals surface area contributed by atoms with Gasteiger partial charge in [-0.15, -0.1) is 0 Å². The molecular formula is C16H15IN2O3. The van der Waals surface area contributed by atoms with Gasteiger partial charge in [0.25, 0.3) is 5.78 Å². The molecule has 0 amide bonds. The Kier molecular flexibility index (Phi) is 5.76. The van der Waals surface area contributed by atoms with Gasteiger partial charge in [0, 0.05) is 6.54 Å². The first kappa shape index (κ1) is 16.3. The molecule has 6 heteroatoms. The van der Waals surface area contributed by atoms with Crippen molar-refractivity contribution in [1.29, 1.82) is 0 Å². The number of halogens is 1. The van der Waals surface area contributed by atoms with Crippen molar-refractivity contribution in [2.45, 2.75) is 13.5 Å². The summed E-state index contributed by atoms with van der Waals surface area (Å²) in [6.45, 7) is 2.37. The lowest BCUT2D eigenvalue weighted by atomic mass is 10.2. The Morgan fingerprint density at radius 3 is 2.73 bits per heavy atom. The first-order valence-corrected chi connectivity index (χ1v) is 8.77. The number of carbonyl (C=O) groups is 1. The average molecular weight is 410 g/mol. The number of allylic oxidation sites excluding steroid dienone is 5. The van der Waals surface area contributed by atoms with Crippen LogP contribution in [0.2, 0.25) is 0 Å². The van der Waals surface area contributed by atoms with E-state index in [0.717, 1.165) is 9.14 Å². The van der Waals surface area contributed by atoms with E-state index in [1.807, 2.05) is 43.3 Å². The van der Waals surface area contributed by atoms with E-state index in [1.54, 1.807) is 12.2 Å². The number of benzene rings is 1. The van der Waals surface area contributed by atoms with E-state index < -0.39 is 37.1 Å². The number of Topliss-reactive ketones (excluding diaryl/α,β-unsaturated/α-hetero) is 1. The van der Waals surface area contributed by atoms with Crippen LogP contribution in [0.25, 0.3) is 0 Å². The zero-order chi connectivity index (χ0) is 15.9. The highest BCUT2D eigenvalue weighted by atomic mass is 127. The number of nitrogens with zero attached hydrogens (tertiary/aromatic N) is 1. The quantitative estimate of drug-likeness (QED) is 0.339. The number of rotatable bonds is 6. The number of carbonyl (C=O) groups excluding carboxylic acids is 1. The molecule has 1 heterocycles. The van der Waals surface area contributed by atoms with Crippen LogP contribution in [0.1, 0.15) is 12.5 Å². The second kappa shape index (κ2) is 7.79. The summed E-state index contributed by atoms with van der Waals surface area (Å²) in [5.74, 6) is -0.498. The fourth-order valence-corrected chi connectivity index (χ4v) is 4.00. The maximum Gasteiger partial charge on any atom is 0.332 e. The summed E-state index contributed by atoms with van der Waals surface area (Å²) in [6, 6.07) is 9.50. The minimum Gasteiger partial charge on any atom is -0.381 e. The molecule has 0 saturated carbocycles. The molecule has 2 rings (SSSR count). The molecule has 0 saturated heterocycles. The van der Waals surface area contributed by atoms with Gasteiger partial charge in [-0.25, -0.2) is 0 Å². The van der Waals surface area contributed by atoms with Crippen LogP contribution in [-0.4, -0.2) is 14.2 Å². The Balaban J connectivity index is 2.11. The van der Waals surface area contributed by atoms with Crippen molar-refractivity contribution in [2.75, 3.05) is 0 Å². The van der Waals surface area contributed by atoms with E-state index in [9.17, 15) is 14.9 Å². The van der Waals surface area contributed by atoms with Gasteiger partial charge < -0.3 is 5.32 Å². The summed E-state index contributed by atoms with van der Waals surface area (Å²) in [6.07, 6.45) is 6.58. The molecule has 0 bridgehead atoms. The van der Waals surface area contributed by atoms with Crippen LogP contribution in [-0.2, 0) is 11.3 Å². The van der Waals surface area contributed by atoms with Crippen LogP contribution in [0.15, 0.2) is 64.0 Å². The van der Waals surface area contributed by atoms with E-state index >= 15 is 0 Å². The van der Waals surface area contributed by atoms with Crippen LogP contribution in [0.3, 0.4) is 0 Å². The summed E-state index contributed by atoms with van der Waals surface area (Å²) in [7, 11) is 0. The predicted molar refractivity (Wildman–Crippen MR) is 95.3 cm³/mol. The number of nitro groups is 1. The Bertz CT molecular complexity index is 703. The summed E-state index contributed by atoms with van der Waals surface area (Å²) in [5, 5.41) is 14.0. The Morgan fingerprint density at radius 2 is 2.09 bits per heavy atom. The lowest BCUT2D eigenvalue weighted by molar-refractivity contribution is -0.418. The molecule has 0 fully saturated rings. The largest absolute Gasteiger partial charge is 0.381 e. The van der Waals surface area contributed by atoms with Gasteiger partial charge in [0.1, 0.15) is 0 Å². The van der Waals surface area contributed by atoms with Crippen LogP contribution >= 0.6 is 20.7 Å². The zero-order valence-corrected chi connectivity index (χ0v) is 14.1. The lowest BCUT2D eigenvalue weighted by Gasteiger charge is -2.04. The van der Waals surface area contributed by atoms with Gasteiger partial charge in [-0.1, -0.05) is 63.2 Å². The molecule has 0 atom stereocenters. The van der Waals surface area contributed by atoms with Crippen LogP contribution < -0.4 is 5.32 Å². The van der Waals surface area contributed by atoms with Gasteiger partial charge in [0.05, 0.1) is 14.6 Å². The number of nitrogens with one attached hydrogen (secondary N) is 1. The van der Waals surface area contributed by atoms with Crippen molar-refractivity contribution in [1.82, 2.24) is 5.32 Å². The minimum atomic E-state index is -0.626. The first-order valence-electron chi connectivity index (χ1n) is 6.61. The van der Waals surface area contributed by atoms with Gasteiger partial charge >= 0.3 is 5.70 Å². The van der Waals surface area contributed by atoms with Crippen molar-refractivity contribution < 1.29 is 9.72 Å².